The molecule has 0 heterocycles. The van der Waals surface area contributed by atoms with Crippen LogP contribution in [0.2, 0.25) is 0 Å². The fourth-order valence-electron chi connectivity index (χ4n) is 1.57. The number of primary amides is 1. The first-order chi connectivity index (χ1) is 6.00. The first-order valence-electron chi connectivity index (χ1n) is 4.78. The number of carbonyl (C=O) groups excluding carboxylic acids is 1. The summed E-state index contributed by atoms with van der Waals surface area (Å²) >= 11 is 0. The van der Waals surface area contributed by atoms with E-state index in [2.05, 4.69) is 0 Å². The van der Waals surface area contributed by atoms with Crippen LogP contribution in [0.3, 0.4) is 0 Å². The second kappa shape index (κ2) is 3.64. The van der Waals surface area contributed by atoms with Gasteiger partial charge in [-0.15, -0.1) is 0 Å². The summed E-state index contributed by atoms with van der Waals surface area (Å²) in [6, 6.07) is 0. The largest absolute Gasteiger partial charge is 0.368 e. The van der Waals surface area contributed by atoms with Gasteiger partial charge in [-0.2, -0.15) is 0 Å². The van der Waals surface area contributed by atoms with Gasteiger partial charge in [-0.05, 0) is 32.4 Å². The molecule has 0 bridgehead atoms. The van der Waals surface area contributed by atoms with Crippen LogP contribution in [-0.4, -0.2) is 36.5 Å². The molecule has 0 aliphatic heterocycles. The van der Waals surface area contributed by atoms with Gasteiger partial charge in [0, 0.05) is 6.54 Å². The van der Waals surface area contributed by atoms with Gasteiger partial charge in [-0.1, -0.05) is 6.92 Å². The highest BCUT2D eigenvalue weighted by Crippen LogP contribution is 2.38. The van der Waals surface area contributed by atoms with E-state index in [-0.39, 0.29) is 5.91 Å². The van der Waals surface area contributed by atoms with Crippen LogP contribution < -0.4 is 11.5 Å². The molecular formula is C9H19N3O. The van der Waals surface area contributed by atoms with Crippen molar-refractivity contribution in [1.82, 2.24) is 4.90 Å². The SMILES string of the molecule is CCN(C)CC(N)(C(N)=O)C1CC1. The Morgan fingerprint density at radius 3 is 2.46 bits per heavy atom. The Morgan fingerprint density at radius 1 is 1.62 bits per heavy atom. The molecule has 1 amide bonds. The molecule has 0 saturated heterocycles. The predicted octanol–water partition coefficient (Wildman–Crippen LogP) is -0.469. The molecular weight excluding hydrogens is 166 g/mol. The highest BCUT2D eigenvalue weighted by atomic mass is 16.1. The Bertz CT molecular complexity index is 203. The molecule has 1 aliphatic rings. The predicted molar refractivity (Wildman–Crippen MR) is 52.0 cm³/mol. The third kappa shape index (κ3) is 2.19. The van der Waals surface area contributed by atoms with E-state index in [9.17, 15) is 4.79 Å². The minimum Gasteiger partial charge on any atom is -0.368 e. The van der Waals surface area contributed by atoms with Gasteiger partial charge in [-0.3, -0.25) is 4.79 Å². The molecule has 1 unspecified atom stereocenters. The third-order valence-corrected chi connectivity index (χ3v) is 2.84. The Kier molecular flexibility index (Phi) is 2.93. The van der Waals surface area contributed by atoms with Crippen LogP contribution in [0.1, 0.15) is 19.8 Å². The smallest absolute Gasteiger partial charge is 0.239 e. The van der Waals surface area contributed by atoms with E-state index in [1.54, 1.807) is 0 Å². The third-order valence-electron chi connectivity index (χ3n) is 2.84. The summed E-state index contributed by atoms with van der Waals surface area (Å²) in [4.78, 5) is 13.3. The molecule has 13 heavy (non-hydrogen) atoms. The summed E-state index contributed by atoms with van der Waals surface area (Å²) in [5.41, 5.74) is 10.5. The van der Waals surface area contributed by atoms with Crippen molar-refractivity contribution >= 4 is 5.91 Å². The van der Waals surface area contributed by atoms with Crippen molar-refractivity contribution in [2.75, 3.05) is 20.1 Å². The zero-order valence-electron chi connectivity index (χ0n) is 8.42. The summed E-state index contributed by atoms with van der Waals surface area (Å²) in [7, 11) is 1.95. The molecule has 1 saturated carbocycles. The average molecular weight is 185 g/mol. The van der Waals surface area contributed by atoms with Crippen LogP contribution in [0, 0.1) is 5.92 Å². The zero-order valence-corrected chi connectivity index (χ0v) is 8.42. The second-order valence-electron chi connectivity index (χ2n) is 4.01. The molecule has 76 valence electrons. The number of amides is 1. The van der Waals surface area contributed by atoms with E-state index in [1.165, 1.54) is 0 Å². The van der Waals surface area contributed by atoms with Crippen LogP contribution >= 0.6 is 0 Å². The molecule has 0 aromatic carbocycles. The lowest BCUT2D eigenvalue weighted by Gasteiger charge is -2.30. The fraction of sp³-hybridized carbons (Fsp3) is 0.889. The van der Waals surface area contributed by atoms with Gasteiger partial charge in [0.25, 0.3) is 0 Å². The lowest BCUT2D eigenvalue weighted by Crippen LogP contribution is -2.60. The monoisotopic (exact) mass is 185 g/mol. The maximum absolute atomic E-state index is 11.2. The normalized spacial score (nSPS) is 21.5. The topological polar surface area (TPSA) is 72.3 Å². The van der Waals surface area contributed by atoms with Crippen molar-refractivity contribution in [2.24, 2.45) is 17.4 Å². The van der Waals surface area contributed by atoms with Gasteiger partial charge in [0.05, 0.1) is 0 Å². The number of carbonyl (C=O) groups is 1. The summed E-state index contributed by atoms with van der Waals surface area (Å²) in [6.45, 7) is 3.50. The average Bonchev–Trinajstić information content (AvgIpc) is 2.85. The van der Waals surface area contributed by atoms with Crippen LogP contribution in [0.15, 0.2) is 0 Å². The Labute approximate surface area is 79.3 Å². The molecule has 0 radical (unpaired) electrons. The van der Waals surface area contributed by atoms with Crippen molar-refractivity contribution < 1.29 is 4.79 Å². The minimum absolute atomic E-state index is 0.305. The quantitative estimate of drug-likeness (QED) is 0.608. The van der Waals surface area contributed by atoms with Gasteiger partial charge in [0.15, 0.2) is 0 Å². The second-order valence-corrected chi connectivity index (χ2v) is 4.01. The summed E-state index contributed by atoms with van der Waals surface area (Å²) in [5, 5.41) is 0. The van der Waals surface area contributed by atoms with Crippen molar-refractivity contribution in [1.29, 1.82) is 0 Å². The lowest BCUT2D eigenvalue weighted by atomic mass is 9.93. The number of rotatable bonds is 5. The van der Waals surface area contributed by atoms with Crippen LogP contribution in [0.4, 0.5) is 0 Å². The van der Waals surface area contributed by atoms with Crippen molar-refractivity contribution in [3.05, 3.63) is 0 Å². The molecule has 1 rings (SSSR count). The van der Waals surface area contributed by atoms with Gasteiger partial charge in [-0.25, -0.2) is 0 Å². The van der Waals surface area contributed by atoms with E-state index in [0.717, 1.165) is 19.4 Å². The van der Waals surface area contributed by atoms with Gasteiger partial charge in [0.1, 0.15) is 5.54 Å². The summed E-state index contributed by atoms with van der Waals surface area (Å²) in [5.74, 6) is -0.0608. The lowest BCUT2D eigenvalue weighted by molar-refractivity contribution is -0.124. The highest BCUT2D eigenvalue weighted by molar-refractivity contribution is 5.85. The van der Waals surface area contributed by atoms with Crippen molar-refractivity contribution in [3.63, 3.8) is 0 Å². The number of nitrogens with two attached hydrogens (primary N) is 2. The fourth-order valence-corrected chi connectivity index (χ4v) is 1.57. The van der Waals surface area contributed by atoms with Crippen molar-refractivity contribution in [2.45, 2.75) is 25.3 Å². The molecule has 1 atom stereocenters. The maximum Gasteiger partial charge on any atom is 0.239 e. The summed E-state index contributed by atoms with van der Waals surface area (Å²) in [6.07, 6.45) is 2.08. The molecule has 0 aromatic heterocycles. The molecule has 4 nitrogen and oxygen atoms in total. The van der Waals surface area contributed by atoms with E-state index >= 15 is 0 Å². The number of likely N-dealkylation sites (N-methyl/N-ethyl adjacent to an activating group) is 1. The van der Waals surface area contributed by atoms with Crippen LogP contribution in [0.25, 0.3) is 0 Å². The molecule has 1 aliphatic carbocycles. The van der Waals surface area contributed by atoms with Gasteiger partial charge in [0.2, 0.25) is 5.91 Å². The Hall–Kier alpha value is -0.610. The first kappa shape index (κ1) is 10.5. The summed E-state index contributed by atoms with van der Waals surface area (Å²) < 4.78 is 0. The zero-order chi connectivity index (χ0) is 10.1. The van der Waals surface area contributed by atoms with Crippen molar-refractivity contribution in [3.8, 4) is 0 Å². The molecule has 0 spiro atoms. The van der Waals surface area contributed by atoms with E-state index in [0.29, 0.717) is 12.5 Å². The molecule has 4 heteroatoms. The van der Waals surface area contributed by atoms with E-state index in [1.807, 2.05) is 18.9 Å². The first-order valence-corrected chi connectivity index (χ1v) is 4.78. The standard InChI is InChI=1S/C9H19N3O/c1-3-12(2)6-9(11,8(10)13)7-4-5-7/h7H,3-6,11H2,1-2H3,(H2,10,13). The van der Waals surface area contributed by atoms with Gasteiger partial charge >= 0.3 is 0 Å². The van der Waals surface area contributed by atoms with Gasteiger partial charge < -0.3 is 16.4 Å². The molecule has 4 N–H and O–H groups in total. The van der Waals surface area contributed by atoms with Crippen LogP contribution in [-0.2, 0) is 4.79 Å². The van der Waals surface area contributed by atoms with E-state index in [4.69, 9.17) is 11.5 Å². The number of hydrogen-bond acceptors (Lipinski definition) is 3. The number of nitrogens with zero attached hydrogens (tertiary/aromatic N) is 1. The Balaban J connectivity index is 2.61. The van der Waals surface area contributed by atoms with E-state index < -0.39 is 5.54 Å². The minimum atomic E-state index is -0.801. The molecule has 1 fully saturated rings. The maximum atomic E-state index is 11.2. The highest BCUT2D eigenvalue weighted by Gasteiger charge is 2.47. The van der Waals surface area contributed by atoms with Crippen LogP contribution in [0.5, 0.6) is 0 Å². The molecule has 0 aromatic rings. The number of hydrogen-bond donors (Lipinski definition) is 2. The Morgan fingerprint density at radius 2 is 2.15 bits per heavy atom.